The fourth-order valence-corrected chi connectivity index (χ4v) is 2.77. The van der Waals surface area contributed by atoms with Crippen molar-refractivity contribution in [3.05, 3.63) is 30.3 Å². The molecule has 5 nitrogen and oxygen atoms in total. The largest absolute Gasteiger partial charge is 0.435 e. The third-order valence-electron chi connectivity index (χ3n) is 4.24. The smallest absolute Gasteiger partial charge is 0.433 e. The number of halogens is 1. The summed E-state index contributed by atoms with van der Waals surface area (Å²) in [4.78, 5) is 12.1. The van der Waals surface area contributed by atoms with Crippen LogP contribution in [0.15, 0.2) is 30.3 Å². The van der Waals surface area contributed by atoms with Crippen molar-refractivity contribution < 1.29 is 9.53 Å². The molecular formula is C18H28BrN3O2. The zero-order valence-corrected chi connectivity index (χ0v) is 16.2. The minimum Gasteiger partial charge on any atom is -0.433 e. The molecule has 0 spiro atoms. The lowest BCUT2D eigenvalue weighted by Crippen LogP contribution is -2.40. The molecule has 1 heterocycles. The number of cyclic esters (lactones) is 1. The molecule has 0 radical (unpaired) electrons. The van der Waals surface area contributed by atoms with Crippen molar-refractivity contribution in [3.8, 4) is 0 Å². The van der Waals surface area contributed by atoms with Crippen molar-refractivity contribution in [2.75, 3.05) is 5.43 Å². The second kappa shape index (κ2) is 9.67. The molecule has 1 atom stereocenters. The monoisotopic (exact) mass is 397 g/mol. The van der Waals surface area contributed by atoms with E-state index < -0.39 is 11.7 Å². The zero-order chi connectivity index (χ0) is 16.7. The number of amides is 1. The number of nitrogens with zero attached hydrogens (tertiary/aromatic N) is 1. The zero-order valence-electron chi connectivity index (χ0n) is 14.5. The highest BCUT2D eigenvalue weighted by atomic mass is 79.9. The number of para-hydroxylation sites is 1. The average Bonchev–Trinajstić information content (AvgIpc) is 2.75. The highest BCUT2D eigenvalue weighted by Crippen LogP contribution is 2.30. The van der Waals surface area contributed by atoms with Gasteiger partial charge in [0.05, 0.1) is 5.69 Å². The molecular weight excluding hydrogens is 370 g/mol. The van der Waals surface area contributed by atoms with Gasteiger partial charge in [0.2, 0.25) is 0 Å². The number of anilines is 1. The van der Waals surface area contributed by atoms with Gasteiger partial charge in [-0.3, -0.25) is 10.8 Å². The molecule has 1 amide bonds. The number of hydrazine groups is 1. The Morgan fingerprint density at radius 1 is 1.12 bits per heavy atom. The van der Waals surface area contributed by atoms with Gasteiger partial charge in [0.1, 0.15) is 0 Å². The van der Waals surface area contributed by atoms with E-state index in [1.807, 2.05) is 37.3 Å². The van der Waals surface area contributed by atoms with Crippen LogP contribution in [0.3, 0.4) is 0 Å². The molecule has 1 fully saturated rings. The SMILES string of the molecule is Br.CCCCCCCCC1(C)OC(=O)N(Nc2ccccc2)C1=N. The Bertz CT molecular complexity index is 538. The Labute approximate surface area is 155 Å². The fourth-order valence-electron chi connectivity index (χ4n) is 2.77. The molecule has 2 rings (SSSR count). The number of rotatable bonds is 9. The summed E-state index contributed by atoms with van der Waals surface area (Å²) < 4.78 is 5.47. The first-order valence-corrected chi connectivity index (χ1v) is 8.50. The molecule has 0 aliphatic carbocycles. The standard InChI is InChI=1S/C18H27N3O2.BrH/c1-3-4-5-6-7-11-14-18(2)16(19)21(17(22)23-18)20-15-12-9-8-10-13-15;/h8-10,12-13,19-20H,3-7,11,14H2,1-2H3;1H. The van der Waals surface area contributed by atoms with Crippen molar-refractivity contribution in [1.82, 2.24) is 5.01 Å². The number of nitrogens with one attached hydrogen (secondary N) is 2. The lowest BCUT2D eigenvalue weighted by Gasteiger charge is -2.22. The quantitative estimate of drug-likeness (QED) is 0.538. The van der Waals surface area contributed by atoms with E-state index in [1.54, 1.807) is 0 Å². The summed E-state index contributed by atoms with van der Waals surface area (Å²) in [6.07, 6.45) is 7.24. The number of hydrogen-bond acceptors (Lipinski definition) is 4. The number of ether oxygens (including phenoxy) is 1. The molecule has 1 aliphatic rings. The summed E-state index contributed by atoms with van der Waals surface area (Å²) in [5, 5.41) is 9.50. The first-order chi connectivity index (χ1) is 11.1. The summed E-state index contributed by atoms with van der Waals surface area (Å²) >= 11 is 0. The predicted molar refractivity (Wildman–Crippen MR) is 103 cm³/mol. The Hall–Kier alpha value is -1.56. The Morgan fingerprint density at radius 2 is 1.75 bits per heavy atom. The number of hydrogen-bond donors (Lipinski definition) is 2. The summed E-state index contributed by atoms with van der Waals surface area (Å²) in [7, 11) is 0. The molecule has 0 aromatic heterocycles. The van der Waals surface area contributed by atoms with Gasteiger partial charge in [-0.2, -0.15) is 5.01 Å². The third kappa shape index (κ3) is 5.23. The maximum Gasteiger partial charge on any atom is 0.435 e. The van der Waals surface area contributed by atoms with Crippen LogP contribution in [0.5, 0.6) is 0 Å². The van der Waals surface area contributed by atoms with Crippen molar-refractivity contribution in [1.29, 1.82) is 5.41 Å². The third-order valence-corrected chi connectivity index (χ3v) is 4.24. The molecule has 1 aromatic carbocycles. The summed E-state index contributed by atoms with van der Waals surface area (Å²) in [5.74, 6) is 0.180. The molecule has 6 heteroatoms. The summed E-state index contributed by atoms with van der Waals surface area (Å²) in [6, 6.07) is 9.36. The number of unbranched alkanes of at least 4 members (excludes halogenated alkanes) is 5. The maximum atomic E-state index is 12.1. The number of amidine groups is 1. The van der Waals surface area contributed by atoms with Gasteiger partial charge >= 0.3 is 6.09 Å². The van der Waals surface area contributed by atoms with Crippen LogP contribution in [0.4, 0.5) is 10.5 Å². The van der Waals surface area contributed by atoms with Gasteiger partial charge in [-0.15, -0.1) is 17.0 Å². The van der Waals surface area contributed by atoms with Crippen molar-refractivity contribution >= 4 is 34.6 Å². The van der Waals surface area contributed by atoms with Crippen molar-refractivity contribution in [2.45, 2.75) is 64.4 Å². The minimum absolute atomic E-state index is 0. The highest BCUT2D eigenvalue weighted by molar-refractivity contribution is 8.93. The van der Waals surface area contributed by atoms with E-state index in [4.69, 9.17) is 10.1 Å². The first-order valence-electron chi connectivity index (χ1n) is 8.50. The number of carbonyl (C=O) groups excluding carboxylic acids is 1. The van der Waals surface area contributed by atoms with Gasteiger partial charge in [0, 0.05) is 0 Å². The second-order valence-corrected chi connectivity index (χ2v) is 6.28. The highest BCUT2D eigenvalue weighted by Gasteiger charge is 2.47. The van der Waals surface area contributed by atoms with Gasteiger partial charge in [-0.05, 0) is 31.9 Å². The second-order valence-electron chi connectivity index (χ2n) is 6.28. The molecule has 134 valence electrons. The fraction of sp³-hybridized carbons (Fsp3) is 0.556. The van der Waals surface area contributed by atoms with Gasteiger partial charge in [0.25, 0.3) is 0 Å². The van der Waals surface area contributed by atoms with Crippen LogP contribution in [-0.2, 0) is 4.74 Å². The topological polar surface area (TPSA) is 65.4 Å². The molecule has 1 aliphatic heterocycles. The molecule has 1 saturated heterocycles. The van der Waals surface area contributed by atoms with Crippen LogP contribution in [0.1, 0.15) is 58.8 Å². The number of carbonyl (C=O) groups is 1. The molecule has 0 saturated carbocycles. The van der Waals surface area contributed by atoms with E-state index in [1.165, 1.54) is 30.7 Å². The Balaban J connectivity index is 0.00000288. The van der Waals surface area contributed by atoms with Gasteiger partial charge < -0.3 is 4.74 Å². The van der Waals surface area contributed by atoms with Gasteiger partial charge in [0.15, 0.2) is 11.4 Å². The number of benzene rings is 1. The molecule has 24 heavy (non-hydrogen) atoms. The van der Waals surface area contributed by atoms with E-state index in [9.17, 15) is 4.79 Å². The van der Waals surface area contributed by atoms with E-state index >= 15 is 0 Å². The summed E-state index contributed by atoms with van der Waals surface area (Å²) in [5.41, 5.74) is 2.88. The molecule has 1 aromatic rings. The van der Waals surface area contributed by atoms with E-state index in [2.05, 4.69) is 12.3 Å². The van der Waals surface area contributed by atoms with Crippen molar-refractivity contribution in [2.24, 2.45) is 0 Å². The van der Waals surface area contributed by atoms with Crippen molar-refractivity contribution in [3.63, 3.8) is 0 Å². The van der Waals surface area contributed by atoms with E-state index in [-0.39, 0.29) is 22.8 Å². The molecule has 0 bridgehead atoms. The lowest BCUT2D eigenvalue weighted by molar-refractivity contribution is 0.0829. The Morgan fingerprint density at radius 3 is 2.42 bits per heavy atom. The predicted octanol–water partition coefficient (Wildman–Crippen LogP) is 5.53. The van der Waals surface area contributed by atoms with E-state index in [0.29, 0.717) is 6.42 Å². The Kier molecular flexibility index (Phi) is 8.25. The van der Waals surface area contributed by atoms with Crippen LogP contribution >= 0.6 is 17.0 Å². The van der Waals surface area contributed by atoms with Gasteiger partial charge in [-0.25, -0.2) is 4.79 Å². The van der Waals surface area contributed by atoms with Crippen LogP contribution in [0.25, 0.3) is 0 Å². The lowest BCUT2D eigenvalue weighted by atomic mass is 9.96. The molecule has 1 unspecified atom stereocenters. The van der Waals surface area contributed by atoms with Crippen LogP contribution in [0, 0.1) is 5.41 Å². The van der Waals surface area contributed by atoms with E-state index in [0.717, 1.165) is 18.5 Å². The maximum absolute atomic E-state index is 12.1. The van der Waals surface area contributed by atoms with Crippen LogP contribution in [-0.4, -0.2) is 22.5 Å². The first kappa shape index (κ1) is 20.5. The van der Waals surface area contributed by atoms with Crippen LogP contribution < -0.4 is 5.43 Å². The molecule has 2 N–H and O–H groups in total. The minimum atomic E-state index is -0.830. The summed E-state index contributed by atoms with van der Waals surface area (Å²) in [6.45, 7) is 4.03. The van der Waals surface area contributed by atoms with Crippen LogP contribution in [0.2, 0.25) is 0 Å². The normalized spacial score (nSPS) is 19.8. The average molecular weight is 398 g/mol. The van der Waals surface area contributed by atoms with Gasteiger partial charge in [-0.1, -0.05) is 57.2 Å².